The fourth-order valence-corrected chi connectivity index (χ4v) is 7.50. The van der Waals surface area contributed by atoms with Gasteiger partial charge in [0.15, 0.2) is 11.6 Å². The number of hydrogen-bond acceptors (Lipinski definition) is 11. The molecule has 0 atom stereocenters. The van der Waals surface area contributed by atoms with Crippen molar-refractivity contribution in [2.75, 3.05) is 39.4 Å². The number of nitriles is 1. The van der Waals surface area contributed by atoms with Gasteiger partial charge in [0.2, 0.25) is 0 Å². The number of aryl methyl sites for hydroxylation is 1. The van der Waals surface area contributed by atoms with Crippen molar-refractivity contribution in [2.24, 2.45) is 11.8 Å². The third-order valence-electron chi connectivity index (χ3n) is 9.81. The van der Waals surface area contributed by atoms with E-state index in [0.29, 0.717) is 44.1 Å². The molecule has 4 aromatic rings. The van der Waals surface area contributed by atoms with Gasteiger partial charge in [0.1, 0.15) is 19.0 Å². The Bertz CT molecular complexity index is 1820. The molecule has 0 aliphatic carbocycles. The van der Waals surface area contributed by atoms with Gasteiger partial charge >= 0.3 is 12.2 Å². The second-order valence-electron chi connectivity index (χ2n) is 14.1. The van der Waals surface area contributed by atoms with Crippen molar-refractivity contribution in [1.82, 2.24) is 19.8 Å². The highest BCUT2D eigenvalue weighted by Gasteiger charge is 2.25. The average Bonchev–Trinajstić information content (AvgIpc) is 3.93. The lowest BCUT2D eigenvalue weighted by Crippen LogP contribution is -2.39. The number of hydrogen-bond donors (Lipinski definition) is 0. The molecule has 0 bridgehead atoms. The van der Waals surface area contributed by atoms with Gasteiger partial charge in [-0.2, -0.15) is 5.26 Å². The SMILES string of the molecule is Cc1ccc(C(C)C)c(OCCC2CCN(C(=O)OCc3cncs3)CC2)c1.N#Cc1ccc(OCCC2CCN(C(=O)OCc3cncs3)CC2)c(F)c1. The molecule has 0 radical (unpaired) electrons. The standard InChI is InChI=1S/C22H30N2O3S.C19H20FN3O3S/c1-16(2)20-5-4-17(3)12-21(20)26-11-8-18-6-9-24(10-7-18)22(25)27-14-19-13-23-15-28-19;20-17-9-15(10-21)1-2-18(17)25-8-5-14-3-6-23(7-4-14)19(24)26-12-16-11-22-13-27-16/h4-5,12-13,15-16,18H,6-11,14H2,1-3H3;1-2,9,11,13-14H,3-8,12H2. The van der Waals surface area contributed by atoms with Gasteiger partial charge in [-0.1, -0.05) is 26.0 Å². The number of aromatic nitrogens is 2. The van der Waals surface area contributed by atoms with Crippen LogP contribution >= 0.6 is 22.7 Å². The van der Waals surface area contributed by atoms with Gasteiger partial charge in [0, 0.05) is 38.6 Å². The lowest BCUT2D eigenvalue weighted by molar-refractivity contribution is 0.0799. The topological polar surface area (TPSA) is 127 Å². The summed E-state index contributed by atoms with van der Waals surface area (Å²) in [5.74, 6) is 2.13. The minimum atomic E-state index is -0.521. The Morgan fingerprint density at radius 2 is 1.35 bits per heavy atom. The Labute approximate surface area is 331 Å². The molecule has 4 heterocycles. The molecule has 11 nitrogen and oxygen atoms in total. The largest absolute Gasteiger partial charge is 0.493 e. The molecule has 2 fully saturated rings. The van der Waals surface area contributed by atoms with Crippen LogP contribution in [0.5, 0.6) is 11.5 Å². The van der Waals surface area contributed by atoms with E-state index in [0.717, 1.165) is 73.7 Å². The van der Waals surface area contributed by atoms with Crippen LogP contribution in [-0.2, 0) is 22.7 Å². The number of amides is 2. The maximum atomic E-state index is 13.8. The summed E-state index contributed by atoms with van der Waals surface area (Å²) in [7, 11) is 0. The van der Waals surface area contributed by atoms with Crippen LogP contribution in [0.2, 0.25) is 0 Å². The monoisotopic (exact) mass is 791 g/mol. The molecule has 0 N–H and O–H groups in total. The van der Waals surface area contributed by atoms with Crippen LogP contribution in [0.4, 0.5) is 14.0 Å². The molecule has 2 saturated heterocycles. The van der Waals surface area contributed by atoms with Crippen LogP contribution in [0, 0.1) is 35.9 Å². The van der Waals surface area contributed by atoms with Crippen molar-refractivity contribution in [1.29, 1.82) is 5.26 Å². The number of nitrogens with zero attached hydrogens (tertiary/aromatic N) is 5. The molecule has 2 aromatic heterocycles. The molecule has 6 rings (SSSR count). The number of ether oxygens (including phenoxy) is 4. The minimum absolute atomic E-state index is 0.165. The molecular formula is C41H50FN5O6S2. The predicted molar refractivity (Wildman–Crippen MR) is 210 cm³/mol. The molecule has 55 heavy (non-hydrogen) atoms. The quantitative estimate of drug-likeness (QED) is 0.130. The second kappa shape index (κ2) is 21.4. The van der Waals surface area contributed by atoms with Crippen LogP contribution in [-0.4, -0.2) is 71.3 Å². The summed E-state index contributed by atoms with van der Waals surface area (Å²) < 4.78 is 36.1. The molecule has 0 spiro atoms. The van der Waals surface area contributed by atoms with E-state index in [1.54, 1.807) is 28.3 Å². The average molecular weight is 792 g/mol. The van der Waals surface area contributed by atoms with Crippen LogP contribution < -0.4 is 9.47 Å². The maximum Gasteiger partial charge on any atom is 0.410 e. The summed E-state index contributed by atoms with van der Waals surface area (Å²) in [6.07, 6.45) is 8.49. The van der Waals surface area contributed by atoms with E-state index in [2.05, 4.69) is 48.9 Å². The number of thiazole rings is 2. The maximum absolute atomic E-state index is 13.8. The van der Waals surface area contributed by atoms with Crippen LogP contribution in [0.3, 0.4) is 0 Å². The second-order valence-corrected chi connectivity index (χ2v) is 16.1. The van der Waals surface area contributed by atoms with E-state index in [4.69, 9.17) is 24.2 Å². The molecule has 2 aliphatic heterocycles. The van der Waals surface area contributed by atoms with Gasteiger partial charge in [-0.25, -0.2) is 14.0 Å². The summed E-state index contributed by atoms with van der Waals surface area (Å²) in [5.41, 5.74) is 6.22. The predicted octanol–water partition coefficient (Wildman–Crippen LogP) is 9.36. The molecular weight excluding hydrogens is 742 g/mol. The molecule has 2 aliphatic rings. The van der Waals surface area contributed by atoms with Gasteiger partial charge in [0.25, 0.3) is 0 Å². The Hall–Kier alpha value is -4.74. The van der Waals surface area contributed by atoms with Gasteiger partial charge in [0.05, 0.1) is 45.6 Å². The first kappa shape index (κ1) is 41.4. The Balaban J connectivity index is 0.000000211. The first-order chi connectivity index (χ1) is 26.7. The first-order valence-electron chi connectivity index (χ1n) is 18.8. The Morgan fingerprint density at radius 1 is 0.818 bits per heavy atom. The Kier molecular flexibility index (Phi) is 16.1. The number of rotatable bonds is 13. The fourth-order valence-electron chi connectivity index (χ4n) is 6.49. The number of likely N-dealkylation sites (tertiary alicyclic amines) is 2. The van der Waals surface area contributed by atoms with Crippen LogP contribution in [0.25, 0.3) is 0 Å². The zero-order chi connectivity index (χ0) is 39.0. The van der Waals surface area contributed by atoms with Crippen molar-refractivity contribution in [3.63, 3.8) is 0 Å². The number of carbonyl (C=O) groups is 2. The van der Waals surface area contributed by atoms with Crippen molar-refractivity contribution < 1.29 is 32.9 Å². The number of carbonyl (C=O) groups excluding carboxylic acids is 2. The van der Waals surface area contributed by atoms with E-state index >= 15 is 0 Å². The van der Waals surface area contributed by atoms with Crippen molar-refractivity contribution in [3.8, 4) is 17.6 Å². The van der Waals surface area contributed by atoms with Gasteiger partial charge in [-0.15, -0.1) is 22.7 Å². The van der Waals surface area contributed by atoms with E-state index in [1.165, 1.54) is 52.0 Å². The van der Waals surface area contributed by atoms with E-state index in [9.17, 15) is 14.0 Å². The normalized spacial score (nSPS) is 14.8. The summed E-state index contributed by atoms with van der Waals surface area (Å²) in [6, 6.07) is 12.5. The molecule has 0 saturated carbocycles. The van der Waals surface area contributed by atoms with E-state index in [1.807, 2.05) is 11.0 Å². The molecule has 14 heteroatoms. The Morgan fingerprint density at radius 3 is 1.80 bits per heavy atom. The molecule has 2 amide bonds. The first-order valence-corrected chi connectivity index (χ1v) is 20.6. The smallest absolute Gasteiger partial charge is 0.410 e. The number of benzene rings is 2. The summed E-state index contributed by atoms with van der Waals surface area (Å²) in [4.78, 5) is 37.7. The van der Waals surface area contributed by atoms with E-state index < -0.39 is 5.82 Å². The summed E-state index contributed by atoms with van der Waals surface area (Å²) in [6.45, 7) is 11.0. The van der Waals surface area contributed by atoms with E-state index in [-0.39, 0.29) is 30.1 Å². The fraction of sp³-hybridized carbons (Fsp3) is 0.488. The van der Waals surface area contributed by atoms with Crippen LogP contribution in [0.1, 0.15) is 84.7 Å². The third kappa shape index (κ3) is 13.2. The van der Waals surface area contributed by atoms with Crippen LogP contribution in [0.15, 0.2) is 59.8 Å². The summed E-state index contributed by atoms with van der Waals surface area (Å²) >= 11 is 2.96. The zero-order valence-corrected chi connectivity index (χ0v) is 33.4. The van der Waals surface area contributed by atoms with Gasteiger partial charge < -0.3 is 28.7 Å². The minimum Gasteiger partial charge on any atom is -0.493 e. The highest BCUT2D eigenvalue weighted by atomic mass is 32.1. The zero-order valence-electron chi connectivity index (χ0n) is 31.8. The number of halogens is 1. The third-order valence-corrected chi connectivity index (χ3v) is 11.3. The number of piperidine rings is 2. The lowest BCUT2D eigenvalue weighted by atomic mass is 9.94. The van der Waals surface area contributed by atoms with Crippen molar-refractivity contribution in [3.05, 3.63) is 92.1 Å². The highest BCUT2D eigenvalue weighted by molar-refractivity contribution is 7.09. The molecule has 0 unspecified atom stereocenters. The van der Waals surface area contributed by atoms with Crippen molar-refractivity contribution in [2.45, 2.75) is 78.4 Å². The lowest BCUT2D eigenvalue weighted by Gasteiger charge is -2.31. The highest BCUT2D eigenvalue weighted by Crippen LogP contribution is 2.29. The summed E-state index contributed by atoms with van der Waals surface area (Å²) in [5, 5.41) is 8.74. The van der Waals surface area contributed by atoms with Gasteiger partial charge in [-0.05, 0) is 98.6 Å². The van der Waals surface area contributed by atoms with Gasteiger partial charge in [-0.3, -0.25) is 9.97 Å². The van der Waals surface area contributed by atoms with Crippen molar-refractivity contribution >= 4 is 34.9 Å². The molecule has 2 aromatic carbocycles. The molecule has 294 valence electrons.